The SMILES string of the molecule is COC(=O)c1cnc(Nc2c(Cl)cc(F)cc2Cl)s1. The van der Waals surface area contributed by atoms with E-state index in [1.165, 1.54) is 13.3 Å². The first-order valence-corrected chi connectivity index (χ1v) is 6.54. The van der Waals surface area contributed by atoms with Gasteiger partial charge in [-0.15, -0.1) is 0 Å². The molecule has 0 aliphatic heterocycles. The van der Waals surface area contributed by atoms with Crippen molar-refractivity contribution in [2.75, 3.05) is 12.4 Å². The molecule has 0 spiro atoms. The van der Waals surface area contributed by atoms with Crippen LogP contribution in [0.25, 0.3) is 0 Å². The number of thiazole rings is 1. The number of aromatic nitrogens is 1. The van der Waals surface area contributed by atoms with Crippen molar-refractivity contribution in [1.82, 2.24) is 4.98 Å². The van der Waals surface area contributed by atoms with Crippen molar-refractivity contribution in [3.63, 3.8) is 0 Å². The van der Waals surface area contributed by atoms with Gasteiger partial charge < -0.3 is 10.1 Å². The van der Waals surface area contributed by atoms with E-state index in [1.807, 2.05) is 0 Å². The van der Waals surface area contributed by atoms with Gasteiger partial charge in [-0.1, -0.05) is 34.5 Å². The van der Waals surface area contributed by atoms with E-state index in [2.05, 4.69) is 15.0 Å². The van der Waals surface area contributed by atoms with E-state index in [4.69, 9.17) is 23.2 Å². The van der Waals surface area contributed by atoms with Gasteiger partial charge in [-0.2, -0.15) is 0 Å². The number of ether oxygens (including phenoxy) is 1. The molecule has 1 N–H and O–H groups in total. The molecular weight excluding hydrogens is 314 g/mol. The summed E-state index contributed by atoms with van der Waals surface area (Å²) < 4.78 is 17.6. The lowest BCUT2D eigenvalue weighted by molar-refractivity contribution is 0.0606. The Morgan fingerprint density at radius 1 is 1.42 bits per heavy atom. The fraction of sp³-hybridized carbons (Fsp3) is 0.0909. The lowest BCUT2D eigenvalue weighted by atomic mass is 10.3. The second kappa shape index (κ2) is 5.73. The molecule has 1 aromatic carbocycles. The molecule has 0 unspecified atom stereocenters. The maximum absolute atomic E-state index is 13.0. The first-order valence-electron chi connectivity index (χ1n) is 4.97. The Balaban J connectivity index is 2.27. The summed E-state index contributed by atoms with van der Waals surface area (Å²) in [5.41, 5.74) is 0.329. The lowest BCUT2D eigenvalue weighted by Crippen LogP contribution is -1.96. The smallest absolute Gasteiger partial charge is 0.349 e. The van der Waals surface area contributed by atoms with Crippen LogP contribution in [0.5, 0.6) is 0 Å². The van der Waals surface area contributed by atoms with Gasteiger partial charge in [0.25, 0.3) is 0 Å². The summed E-state index contributed by atoms with van der Waals surface area (Å²) in [6.07, 6.45) is 1.37. The number of nitrogens with zero attached hydrogens (tertiary/aromatic N) is 1. The molecule has 4 nitrogen and oxygen atoms in total. The van der Waals surface area contributed by atoms with Crippen LogP contribution in [0.1, 0.15) is 9.67 Å². The maximum atomic E-state index is 13.0. The van der Waals surface area contributed by atoms with Crippen molar-refractivity contribution in [1.29, 1.82) is 0 Å². The summed E-state index contributed by atoms with van der Waals surface area (Å²) >= 11 is 12.8. The maximum Gasteiger partial charge on any atom is 0.349 e. The number of esters is 1. The van der Waals surface area contributed by atoms with Gasteiger partial charge in [0.2, 0.25) is 0 Å². The van der Waals surface area contributed by atoms with E-state index < -0.39 is 11.8 Å². The second-order valence-electron chi connectivity index (χ2n) is 3.39. The predicted octanol–water partition coefficient (Wildman–Crippen LogP) is 4.12. The highest BCUT2D eigenvalue weighted by atomic mass is 35.5. The molecule has 0 atom stereocenters. The molecule has 0 fully saturated rings. The highest BCUT2D eigenvalue weighted by molar-refractivity contribution is 7.17. The molecule has 8 heteroatoms. The second-order valence-corrected chi connectivity index (χ2v) is 5.24. The molecule has 0 bridgehead atoms. The summed E-state index contributed by atoms with van der Waals surface area (Å²) in [6, 6.07) is 2.26. The molecule has 2 rings (SSSR count). The number of rotatable bonds is 3. The molecule has 0 radical (unpaired) electrons. The van der Waals surface area contributed by atoms with Crippen molar-refractivity contribution in [2.24, 2.45) is 0 Å². The molecule has 0 saturated heterocycles. The normalized spacial score (nSPS) is 10.3. The fourth-order valence-electron chi connectivity index (χ4n) is 1.30. The van der Waals surface area contributed by atoms with Crippen molar-refractivity contribution in [3.8, 4) is 0 Å². The lowest BCUT2D eigenvalue weighted by Gasteiger charge is -2.07. The zero-order chi connectivity index (χ0) is 14.0. The third kappa shape index (κ3) is 3.15. The van der Waals surface area contributed by atoms with Gasteiger partial charge in [0.05, 0.1) is 29.0 Å². The highest BCUT2D eigenvalue weighted by Gasteiger charge is 2.13. The summed E-state index contributed by atoms with van der Waals surface area (Å²) in [5.74, 6) is -1.02. The predicted molar refractivity (Wildman–Crippen MR) is 73.2 cm³/mol. The van der Waals surface area contributed by atoms with Crippen LogP contribution < -0.4 is 5.32 Å². The number of hydrogen-bond donors (Lipinski definition) is 1. The van der Waals surface area contributed by atoms with Crippen LogP contribution in [-0.4, -0.2) is 18.1 Å². The first-order chi connectivity index (χ1) is 9.01. The zero-order valence-corrected chi connectivity index (χ0v) is 11.9. The van der Waals surface area contributed by atoms with Gasteiger partial charge in [0.15, 0.2) is 5.13 Å². The number of nitrogens with one attached hydrogen (secondary N) is 1. The number of anilines is 2. The average Bonchev–Trinajstić information content (AvgIpc) is 2.81. The van der Waals surface area contributed by atoms with Crippen LogP contribution in [-0.2, 0) is 4.74 Å². The Morgan fingerprint density at radius 3 is 2.63 bits per heavy atom. The van der Waals surface area contributed by atoms with Crippen molar-refractivity contribution in [2.45, 2.75) is 0 Å². The van der Waals surface area contributed by atoms with Crippen LogP contribution in [0.2, 0.25) is 10.0 Å². The number of hydrogen-bond acceptors (Lipinski definition) is 5. The zero-order valence-electron chi connectivity index (χ0n) is 9.54. The van der Waals surface area contributed by atoms with Crippen LogP contribution in [0.15, 0.2) is 18.3 Å². The fourth-order valence-corrected chi connectivity index (χ4v) is 2.59. The van der Waals surface area contributed by atoms with Crippen molar-refractivity contribution >= 4 is 51.3 Å². The Labute approximate surface area is 122 Å². The Hall–Kier alpha value is -1.37. The number of benzene rings is 1. The first kappa shape index (κ1) is 14.0. The third-order valence-corrected chi connectivity index (χ3v) is 3.62. The molecule has 0 aliphatic carbocycles. The van der Waals surface area contributed by atoms with Crippen molar-refractivity contribution in [3.05, 3.63) is 39.1 Å². The molecule has 0 aliphatic rings. The number of methoxy groups -OCH3 is 1. The van der Waals surface area contributed by atoms with Crippen LogP contribution in [0, 0.1) is 5.82 Å². The topological polar surface area (TPSA) is 51.2 Å². The standard InChI is InChI=1S/C11H7Cl2FN2O2S/c1-18-10(17)8-4-15-11(19-8)16-9-6(12)2-5(14)3-7(9)13/h2-4H,1H3,(H,15,16). The average molecular weight is 321 g/mol. The molecule has 0 saturated carbocycles. The van der Waals surface area contributed by atoms with E-state index in [9.17, 15) is 9.18 Å². The number of carbonyl (C=O) groups is 1. The molecule has 19 heavy (non-hydrogen) atoms. The number of halogens is 3. The molecular formula is C11H7Cl2FN2O2S. The quantitative estimate of drug-likeness (QED) is 0.864. The van der Waals surface area contributed by atoms with Gasteiger partial charge in [0.1, 0.15) is 10.7 Å². The van der Waals surface area contributed by atoms with Gasteiger partial charge in [-0.05, 0) is 12.1 Å². The Morgan fingerprint density at radius 2 is 2.05 bits per heavy atom. The Kier molecular flexibility index (Phi) is 4.24. The van der Waals surface area contributed by atoms with Gasteiger partial charge >= 0.3 is 5.97 Å². The van der Waals surface area contributed by atoms with E-state index in [1.54, 1.807) is 0 Å². The van der Waals surface area contributed by atoms with Crippen molar-refractivity contribution < 1.29 is 13.9 Å². The van der Waals surface area contributed by atoms with Crippen LogP contribution >= 0.6 is 34.5 Å². The molecule has 1 heterocycles. The minimum atomic E-state index is -0.532. The third-order valence-electron chi connectivity index (χ3n) is 2.13. The van der Waals surface area contributed by atoms with E-state index >= 15 is 0 Å². The number of carbonyl (C=O) groups excluding carboxylic acids is 1. The summed E-state index contributed by atoms with van der Waals surface area (Å²) in [6.45, 7) is 0. The van der Waals surface area contributed by atoms with E-state index in [0.717, 1.165) is 23.5 Å². The molecule has 1 aromatic heterocycles. The summed E-state index contributed by atoms with van der Waals surface area (Å²) in [5, 5.41) is 3.48. The molecule has 0 amide bonds. The minimum Gasteiger partial charge on any atom is -0.465 e. The Bertz CT molecular complexity index is 610. The highest BCUT2D eigenvalue weighted by Crippen LogP contribution is 2.34. The largest absolute Gasteiger partial charge is 0.465 e. The van der Waals surface area contributed by atoms with E-state index in [0.29, 0.717) is 15.7 Å². The van der Waals surface area contributed by atoms with Crippen LogP contribution in [0.4, 0.5) is 15.2 Å². The van der Waals surface area contributed by atoms with Gasteiger partial charge in [-0.3, -0.25) is 0 Å². The van der Waals surface area contributed by atoms with Gasteiger partial charge in [-0.25, -0.2) is 14.2 Å². The summed E-state index contributed by atoms with van der Waals surface area (Å²) in [4.78, 5) is 15.6. The monoisotopic (exact) mass is 320 g/mol. The van der Waals surface area contributed by atoms with Crippen LogP contribution in [0.3, 0.4) is 0 Å². The summed E-state index contributed by atoms with van der Waals surface area (Å²) in [7, 11) is 1.28. The molecule has 2 aromatic rings. The van der Waals surface area contributed by atoms with Gasteiger partial charge in [0, 0.05) is 0 Å². The molecule has 100 valence electrons. The van der Waals surface area contributed by atoms with E-state index in [-0.39, 0.29) is 10.0 Å². The minimum absolute atomic E-state index is 0.125.